The van der Waals surface area contributed by atoms with Crippen LogP contribution in [0.15, 0.2) is 41.5 Å². The van der Waals surface area contributed by atoms with Crippen molar-refractivity contribution in [3.63, 3.8) is 0 Å². The third kappa shape index (κ3) is 8.29. The summed E-state index contributed by atoms with van der Waals surface area (Å²) in [6, 6.07) is 12.3. The fourth-order valence-electron chi connectivity index (χ4n) is 4.38. The Morgan fingerprint density at radius 2 is 1.88 bits per heavy atom. The molecule has 1 N–H and O–H groups in total. The molecule has 1 aliphatic heterocycles. The zero-order valence-electron chi connectivity index (χ0n) is 21.5. The Morgan fingerprint density at radius 1 is 1.15 bits per heavy atom. The van der Waals surface area contributed by atoms with Gasteiger partial charge in [0.2, 0.25) is 5.88 Å². The van der Waals surface area contributed by atoms with E-state index in [-0.39, 0.29) is 12.2 Å². The molecule has 2 unspecified atom stereocenters. The van der Waals surface area contributed by atoms with Crippen molar-refractivity contribution in [2.45, 2.75) is 59.7 Å². The minimum atomic E-state index is 0.254. The zero-order valence-corrected chi connectivity index (χ0v) is 21.5. The van der Waals surface area contributed by atoms with Gasteiger partial charge in [-0.2, -0.15) is 10.1 Å². The Balaban J connectivity index is 1.71. The Labute approximate surface area is 205 Å². The van der Waals surface area contributed by atoms with Crippen LogP contribution in [0.4, 0.5) is 11.5 Å². The average Bonchev–Trinajstić information content (AvgIpc) is 2.78. The SMILES string of the molecule is CCCN(CCC)c1cc(N/N=C/c2cccc(C)c2)nc(OCCN2CC(C)OC(C)C2)c1. The molecule has 3 rings (SSSR count). The Bertz CT molecular complexity index is 904. The molecule has 0 bridgehead atoms. The monoisotopic (exact) mass is 467 g/mol. The molecule has 2 aromatic rings. The quantitative estimate of drug-likeness (QED) is 0.352. The van der Waals surface area contributed by atoms with Gasteiger partial charge in [0.05, 0.1) is 18.4 Å². The van der Waals surface area contributed by atoms with E-state index in [4.69, 9.17) is 9.47 Å². The van der Waals surface area contributed by atoms with Crippen molar-refractivity contribution in [3.8, 4) is 5.88 Å². The van der Waals surface area contributed by atoms with Crippen LogP contribution in [0, 0.1) is 6.92 Å². The normalized spacial score (nSPS) is 18.9. The predicted molar refractivity (Wildman–Crippen MR) is 141 cm³/mol. The van der Waals surface area contributed by atoms with Crippen molar-refractivity contribution < 1.29 is 9.47 Å². The van der Waals surface area contributed by atoms with E-state index in [1.807, 2.05) is 24.4 Å². The minimum Gasteiger partial charge on any atom is -0.476 e. The van der Waals surface area contributed by atoms with E-state index in [0.29, 0.717) is 18.3 Å². The van der Waals surface area contributed by atoms with Gasteiger partial charge in [0.1, 0.15) is 6.61 Å². The number of hydrogen-bond acceptors (Lipinski definition) is 7. The molecule has 1 aromatic heterocycles. The van der Waals surface area contributed by atoms with Gasteiger partial charge in [-0.15, -0.1) is 0 Å². The Hall–Kier alpha value is -2.64. The lowest BCUT2D eigenvalue weighted by Gasteiger charge is -2.35. The van der Waals surface area contributed by atoms with Gasteiger partial charge >= 0.3 is 0 Å². The van der Waals surface area contributed by atoms with Crippen LogP contribution < -0.4 is 15.1 Å². The number of morpholine rings is 1. The van der Waals surface area contributed by atoms with Crippen LogP contribution in [0.2, 0.25) is 0 Å². The van der Waals surface area contributed by atoms with Crippen molar-refractivity contribution >= 4 is 17.7 Å². The van der Waals surface area contributed by atoms with E-state index in [1.54, 1.807) is 0 Å². The molecular weight excluding hydrogens is 426 g/mol. The maximum Gasteiger partial charge on any atom is 0.217 e. The number of aromatic nitrogens is 1. The fourth-order valence-corrected chi connectivity index (χ4v) is 4.38. The van der Waals surface area contributed by atoms with Gasteiger partial charge in [-0.25, -0.2) is 0 Å². The number of nitrogens with one attached hydrogen (secondary N) is 1. The molecule has 2 heterocycles. The molecule has 0 amide bonds. The van der Waals surface area contributed by atoms with Crippen LogP contribution in [0.5, 0.6) is 5.88 Å². The summed E-state index contributed by atoms with van der Waals surface area (Å²) in [7, 11) is 0. The summed E-state index contributed by atoms with van der Waals surface area (Å²) in [6.45, 7) is 16.0. The highest BCUT2D eigenvalue weighted by molar-refractivity contribution is 5.80. The first kappa shape index (κ1) is 26.0. The molecule has 186 valence electrons. The summed E-state index contributed by atoms with van der Waals surface area (Å²) in [4.78, 5) is 9.46. The highest BCUT2D eigenvalue weighted by Gasteiger charge is 2.21. The summed E-state index contributed by atoms with van der Waals surface area (Å²) in [5.41, 5.74) is 6.47. The number of benzene rings is 1. The maximum absolute atomic E-state index is 6.14. The molecule has 2 atom stereocenters. The van der Waals surface area contributed by atoms with Crippen LogP contribution in [0.1, 0.15) is 51.7 Å². The molecule has 1 saturated heterocycles. The number of rotatable bonds is 12. The number of pyridine rings is 1. The van der Waals surface area contributed by atoms with Gasteiger partial charge in [0.25, 0.3) is 0 Å². The van der Waals surface area contributed by atoms with Crippen molar-refractivity contribution in [2.24, 2.45) is 5.10 Å². The zero-order chi connectivity index (χ0) is 24.3. The Kier molecular flexibility index (Phi) is 10.2. The van der Waals surface area contributed by atoms with Gasteiger partial charge < -0.3 is 14.4 Å². The molecular formula is C27H41N5O2. The standard InChI is InChI=1S/C27H41N5O2/c1-6-11-32(12-7-2)25-16-26(30-28-18-24-10-8-9-21(3)15-24)29-27(17-25)33-14-13-31-19-22(4)34-23(5)20-31/h8-10,15-18,22-23H,6-7,11-14,19-20H2,1-5H3,(H,29,30)/b28-18+. The number of nitrogens with zero attached hydrogens (tertiary/aromatic N) is 4. The summed E-state index contributed by atoms with van der Waals surface area (Å²) < 4.78 is 12.0. The second-order valence-electron chi connectivity index (χ2n) is 9.19. The van der Waals surface area contributed by atoms with Gasteiger partial charge in [-0.05, 0) is 39.2 Å². The van der Waals surface area contributed by atoms with E-state index < -0.39 is 0 Å². The van der Waals surface area contributed by atoms with E-state index in [2.05, 4.69) is 78.1 Å². The van der Waals surface area contributed by atoms with Crippen molar-refractivity contribution in [1.82, 2.24) is 9.88 Å². The average molecular weight is 468 g/mol. The maximum atomic E-state index is 6.14. The number of hydrogen-bond donors (Lipinski definition) is 1. The minimum absolute atomic E-state index is 0.254. The predicted octanol–water partition coefficient (Wildman–Crippen LogP) is 4.95. The molecule has 1 aliphatic rings. The molecule has 0 spiro atoms. The fraction of sp³-hybridized carbons (Fsp3) is 0.556. The summed E-state index contributed by atoms with van der Waals surface area (Å²) >= 11 is 0. The van der Waals surface area contributed by atoms with Crippen molar-refractivity contribution in [3.05, 3.63) is 47.5 Å². The lowest BCUT2D eigenvalue weighted by molar-refractivity contribution is -0.0700. The Morgan fingerprint density at radius 3 is 2.56 bits per heavy atom. The molecule has 0 aliphatic carbocycles. The lowest BCUT2D eigenvalue weighted by Crippen LogP contribution is -2.46. The first-order valence-corrected chi connectivity index (χ1v) is 12.6. The lowest BCUT2D eigenvalue weighted by atomic mass is 10.2. The van der Waals surface area contributed by atoms with Gasteiger partial charge in [0, 0.05) is 50.5 Å². The first-order chi connectivity index (χ1) is 16.5. The molecule has 0 saturated carbocycles. The molecule has 1 fully saturated rings. The summed E-state index contributed by atoms with van der Waals surface area (Å²) in [5.74, 6) is 1.31. The third-order valence-electron chi connectivity index (χ3n) is 5.73. The second-order valence-corrected chi connectivity index (χ2v) is 9.19. The molecule has 7 heteroatoms. The molecule has 34 heavy (non-hydrogen) atoms. The van der Waals surface area contributed by atoms with Gasteiger partial charge in [0.15, 0.2) is 5.82 Å². The number of hydrazone groups is 1. The van der Waals surface area contributed by atoms with Gasteiger partial charge in [-0.1, -0.05) is 43.7 Å². The highest BCUT2D eigenvalue weighted by atomic mass is 16.5. The summed E-state index contributed by atoms with van der Waals surface area (Å²) in [6.07, 6.45) is 4.49. The van der Waals surface area contributed by atoms with Crippen LogP contribution in [-0.4, -0.2) is 67.6 Å². The number of anilines is 2. The first-order valence-electron chi connectivity index (χ1n) is 12.6. The second kappa shape index (κ2) is 13.3. The number of ether oxygens (including phenoxy) is 2. The van der Waals surface area contributed by atoms with Crippen LogP contribution in [-0.2, 0) is 4.74 Å². The molecule has 7 nitrogen and oxygen atoms in total. The van der Waals surface area contributed by atoms with Crippen molar-refractivity contribution in [1.29, 1.82) is 0 Å². The van der Waals surface area contributed by atoms with E-state index in [9.17, 15) is 0 Å². The molecule has 1 aromatic carbocycles. The van der Waals surface area contributed by atoms with Crippen LogP contribution in [0.25, 0.3) is 0 Å². The third-order valence-corrected chi connectivity index (χ3v) is 5.73. The smallest absolute Gasteiger partial charge is 0.217 e. The summed E-state index contributed by atoms with van der Waals surface area (Å²) in [5, 5.41) is 4.42. The largest absolute Gasteiger partial charge is 0.476 e. The topological polar surface area (TPSA) is 62.2 Å². The van der Waals surface area contributed by atoms with Crippen LogP contribution in [0.3, 0.4) is 0 Å². The van der Waals surface area contributed by atoms with Crippen LogP contribution >= 0.6 is 0 Å². The molecule has 0 radical (unpaired) electrons. The number of aryl methyl sites for hydroxylation is 1. The highest BCUT2D eigenvalue weighted by Crippen LogP contribution is 2.25. The van der Waals surface area contributed by atoms with Gasteiger partial charge in [-0.3, -0.25) is 10.3 Å². The van der Waals surface area contributed by atoms with E-state index >= 15 is 0 Å². The van der Waals surface area contributed by atoms with E-state index in [1.165, 1.54) is 5.56 Å². The van der Waals surface area contributed by atoms with Crippen molar-refractivity contribution in [2.75, 3.05) is 49.7 Å². The van der Waals surface area contributed by atoms with E-state index in [0.717, 1.165) is 56.8 Å².